The van der Waals surface area contributed by atoms with Crippen molar-refractivity contribution in [1.82, 2.24) is 4.90 Å². The van der Waals surface area contributed by atoms with Gasteiger partial charge in [0.2, 0.25) is 0 Å². The Bertz CT molecular complexity index is 764. The van der Waals surface area contributed by atoms with E-state index in [0.29, 0.717) is 6.42 Å². The first-order valence-electron chi connectivity index (χ1n) is 8.08. The van der Waals surface area contributed by atoms with Gasteiger partial charge in [0, 0.05) is 21.1 Å². The lowest BCUT2D eigenvalue weighted by Gasteiger charge is -2.33. The Morgan fingerprint density at radius 1 is 1.20 bits per heavy atom. The summed E-state index contributed by atoms with van der Waals surface area (Å²) in [6, 6.07) is 13.2. The molecule has 0 bridgehead atoms. The van der Waals surface area contributed by atoms with Gasteiger partial charge < -0.3 is 9.84 Å². The minimum absolute atomic E-state index is 0.177. The van der Waals surface area contributed by atoms with E-state index in [1.807, 2.05) is 42.5 Å². The first kappa shape index (κ1) is 18.4. The second kappa shape index (κ2) is 7.89. The van der Waals surface area contributed by atoms with Crippen molar-refractivity contribution in [2.45, 2.75) is 24.9 Å². The van der Waals surface area contributed by atoms with Crippen LogP contribution in [0.5, 0.6) is 5.75 Å². The highest BCUT2D eigenvalue weighted by Crippen LogP contribution is 2.40. The molecule has 3 rings (SSSR count). The van der Waals surface area contributed by atoms with Crippen molar-refractivity contribution in [1.29, 1.82) is 0 Å². The molecule has 25 heavy (non-hydrogen) atoms. The van der Waals surface area contributed by atoms with Crippen molar-refractivity contribution in [2.24, 2.45) is 0 Å². The number of aliphatic carboxylic acids is 1. The number of ether oxygens (including phenoxy) is 1. The number of rotatable bonds is 5. The van der Waals surface area contributed by atoms with E-state index in [2.05, 4.69) is 36.8 Å². The van der Waals surface area contributed by atoms with Gasteiger partial charge in [0.15, 0.2) is 0 Å². The largest absolute Gasteiger partial charge is 0.496 e. The Balaban J connectivity index is 2.14. The minimum Gasteiger partial charge on any atom is -0.496 e. The zero-order valence-corrected chi connectivity index (χ0v) is 17.0. The molecule has 1 heterocycles. The van der Waals surface area contributed by atoms with Crippen molar-refractivity contribution in [3.8, 4) is 5.75 Å². The van der Waals surface area contributed by atoms with E-state index in [4.69, 9.17) is 4.74 Å². The molecule has 0 radical (unpaired) electrons. The van der Waals surface area contributed by atoms with Crippen molar-refractivity contribution >= 4 is 37.8 Å². The predicted octanol–water partition coefficient (Wildman–Crippen LogP) is 4.86. The highest BCUT2D eigenvalue weighted by molar-refractivity contribution is 9.10. The molecule has 0 saturated carbocycles. The number of nitrogens with zero attached hydrogens (tertiary/aromatic N) is 1. The van der Waals surface area contributed by atoms with Gasteiger partial charge in [0.25, 0.3) is 0 Å². The molecule has 6 heteroatoms. The number of methoxy groups -OCH3 is 1. The van der Waals surface area contributed by atoms with Crippen molar-refractivity contribution in [2.75, 3.05) is 13.7 Å². The number of carbonyl (C=O) groups is 1. The Morgan fingerprint density at radius 3 is 2.52 bits per heavy atom. The number of hydrogen-bond acceptors (Lipinski definition) is 3. The van der Waals surface area contributed by atoms with Crippen LogP contribution in [0.25, 0.3) is 0 Å². The third kappa shape index (κ3) is 3.91. The SMILES string of the molecule is COc1ccc(Br)cc1C(c1ccc(Br)cc1)N1CCCC1C(=O)O. The number of carboxylic acid groups (broad SMARTS) is 1. The number of halogens is 2. The van der Waals surface area contributed by atoms with Crippen LogP contribution >= 0.6 is 31.9 Å². The Kier molecular flexibility index (Phi) is 5.81. The molecule has 2 unspecified atom stereocenters. The van der Waals surface area contributed by atoms with E-state index in [1.54, 1.807) is 7.11 Å². The predicted molar refractivity (Wildman–Crippen MR) is 104 cm³/mol. The van der Waals surface area contributed by atoms with Gasteiger partial charge in [-0.3, -0.25) is 9.69 Å². The molecule has 1 aliphatic rings. The van der Waals surface area contributed by atoms with Gasteiger partial charge in [-0.25, -0.2) is 0 Å². The minimum atomic E-state index is -0.770. The normalized spacial score (nSPS) is 18.9. The van der Waals surface area contributed by atoms with Crippen LogP contribution < -0.4 is 4.74 Å². The Labute approximate surface area is 164 Å². The Morgan fingerprint density at radius 2 is 1.88 bits per heavy atom. The lowest BCUT2D eigenvalue weighted by atomic mass is 9.95. The maximum Gasteiger partial charge on any atom is 0.320 e. The van der Waals surface area contributed by atoms with Crippen LogP contribution in [0.2, 0.25) is 0 Å². The Hall–Kier alpha value is -1.37. The number of likely N-dealkylation sites (tertiary alicyclic amines) is 1. The molecule has 132 valence electrons. The fraction of sp³-hybridized carbons (Fsp3) is 0.316. The maximum atomic E-state index is 11.8. The monoisotopic (exact) mass is 467 g/mol. The number of benzene rings is 2. The average molecular weight is 469 g/mol. The fourth-order valence-electron chi connectivity index (χ4n) is 3.48. The summed E-state index contributed by atoms with van der Waals surface area (Å²) in [7, 11) is 1.64. The van der Waals surface area contributed by atoms with Gasteiger partial charge in [-0.15, -0.1) is 0 Å². The standard InChI is InChI=1S/C19H19Br2NO3/c1-25-17-9-8-14(21)11-15(17)18(12-4-6-13(20)7-5-12)22-10-2-3-16(22)19(23)24/h4-9,11,16,18H,2-3,10H2,1H3,(H,23,24). The van der Waals surface area contributed by atoms with Crippen LogP contribution in [-0.2, 0) is 4.79 Å². The molecular weight excluding hydrogens is 450 g/mol. The first-order valence-corrected chi connectivity index (χ1v) is 9.67. The van der Waals surface area contributed by atoms with Gasteiger partial charge in [-0.05, 0) is 48.7 Å². The topological polar surface area (TPSA) is 49.8 Å². The average Bonchev–Trinajstić information content (AvgIpc) is 3.07. The molecule has 0 aromatic heterocycles. The molecule has 0 aliphatic carbocycles. The van der Waals surface area contributed by atoms with E-state index in [0.717, 1.165) is 38.8 Å². The van der Waals surface area contributed by atoms with Crippen LogP contribution in [0.1, 0.15) is 30.0 Å². The third-order valence-corrected chi connectivity index (χ3v) is 5.60. The van der Waals surface area contributed by atoms with E-state index in [-0.39, 0.29) is 6.04 Å². The van der Waals surface area contributed by atoms with Crippen molar-refractivity contribution < 1.29 is 14.6 Å². The maximum absolute atomic E-state index is 11.8. The fourth-order valence-corrected chi connectivity index (χ4v) is 4.12. The van der Waals surface area contributed by atoms with Gasteiger partial charge in [0.1, 0.15) is 11.8 Å². The summed E-state index contributed by atoms with van der Waals surface area (Å²) < 4.78 is 7.51. The lowest BCUT2D eigenvalue weighted by molar-refractivity contribution is -0.142. The summed E-state index contributed by atoms with van der Waals surface area (Å²) in [5.74, 6) is -0.0132. The molecule has 1 aliphatic heterocycles. The summed E-state index contributed by atoms with van der Waals surface area (Å²) in [5.41, 5.74) is 2.01. The highest BCUT2D eigenvalue weighted by Gasteiger charge is 2.37. The molecule has 1 N–H and O–H groups in total. The molecular formula is C19H19Br2NO3. The van der Waals surface area contributed by atoms with Crippen LogP contribution in [-0.4, -0.2) is 35.7 Å². The zero-order chi connectivity index (χ0) is 18.0. The van der Waals surface area contributed by atoms with E-state index < -0.39 is 12.0 Å². The van der Waals surface area contributed by atoms with Crippen molar-refractivity contribution in [3.63, 3.8) is 0 Å². The second-order valence-electron chi connectivity index (χ2n) is 6.07. The van der Waals surface area contributed by atoms with Crippen LogP contribution in [0.3, 0.4) is 0 Å². The second-order valence-corrected chi connectivity index (χ2v) is 7.91. The lowest BCUT2D eigenvalue weighted by Crippen LogP contribution is -2.39. The summed E-state index contributed by atoms with van der Waals surface area (Å²) in [4.78, 5) is 13.8. The molecule has 1 fully saturated rings. The van der Waals surface area contributed by atoms with Gasteiger partial charge in [0.05, 0.1) is 13.2 Å². The smallest absolute Gasteiger partial charge is 0.320 e. The molecule has 2 atom stereocenters. The molecule has 0 amide bonds. The summed E-state index contributed by atoms with van der Waals surface area (Å²) >= 11 is 7.00. The van der Waals surface area contributed by atoms with Crippen LogP contribution in [0.4, 0.5) is 0 Å². The van der Waals surface area contributed by atoms with Gasteiger partial charge >= 0.3 is 5.97 Å². The highest BCUT2D eigenvalue weighted by atomic mass is 79.9. The molecule has 0 spiro atoms. The molecule has 2 aromatic carbocycles. The van der Waals surface area contributed by atoms with E-state index >= 15 is 0 Å². The van der Waals surface area contributed by atoms with Gasteiger partial charge in [-0.1, -0.05) is 44.0 Å². The molecule has 2 aromatic rings. The quantitative estimate of drug-likeness (QED) is 0.680. The third-order valence-electron chi connectivity index (χ3n) is 4.58. The van der Waals surface area contributed by atoms with Crippen LogP contribution in [0.15, 0.2) is 51.4 Å². The van der Waals surface area contributed by atoms with Crippen LogP contribution in [0, 0.1) is 0 Å². The number of hydrogen-bond donors (Lipinski definition) is 1. The first-order chi connectivity index (χ1) is 12.0. The zero-order valence-electron chi connectivity index (χ0n) is 13.8. The summed E-state index contributed by atoms with van der Waals surface area (Å²) in [6.45, 7) is 0.743. The summed E-state index contributed by atoms with van der Waals surface area (Å²) in [6.07, 6.45) is 1.54. The van der Waals surface area contributed by atoms with E-state index in [1.165, 1.54) is 0 Å². The number of carboxylic acids is 1. The molecule has 1 saturated heterocycles. The van der Waals surface area contributed by atoms with Crippen molar-refractivity contribution in [3.05, 3.63) is 62.5 Å². The van der Waals surface area contributed by atoms with Gasteiger partial charge in [-0.2, -0.15) is 0 Å². The summed E-state index contributed by atoms with van der Waals surface area (Å²) in [5, 5.41) is 9.66. The van der Waals surface area contributed by atoms with E-state index in [9.17, 15) is 9.90 Å². The molecule has 4 nitrogen and oxygen atoms in total.